The number of aromatic nitrogens is 1. The first kappa shape index (κ1) is 20.0. The molecule has 0 saturated carbocycles. The van der Waals surface area contributed by atoms with E-state index in [0.29, 0.717) is 28.7 Å². The molecule has 146 valence electrons. The number of carbonyl (C=O) groups excluding carboxylic acids is 1. The molecule has 1 amide bonds. The minimum atomic E-state index is -0.933. The molecule has 0 unspecified atom stereocenters. The molecule has 1 atom stereocenters. The summed E-state index contributed by atoms with van der Waals surface area (Å²) in [6.07, 6.45) is 2.07. The number of carbonyl (C=O) groups is 1. The van der Waals surface area contributed by atoms with Gasteiger partial charge in [0, 0.05) is 25.5 Å². The molecule has 0 bridgehead atoms. The molecule has 3 rings (SSSR count). The van der Waals surface area contributed by atoms with Crippen molar-refractivity contribution in [2.45, 2.75) is 25.8 Å². The first-order valence-electron chi connectivity index (χ1n) is 8.77. The van der Waals surface area contributed by atoms with E-state index in [2.05, 4.69) is 4.98 Å². The Bertz CT molecular complexity index is 990. The van der Waals surface area contributed by atoms with Gasteiger partial charge in [0.15, 0.2) is 23.3 Å². The topological polar surface area (TPSA) is 46.3 Å². The van der Waals surface area contributed by atoms with Crippen LogP contribution in [0.3, 0.4) is 0 Å². The fraction of sp³-hybridized carbons (Fsp3) is 0.238. The van der Waals surface area contributed by atoms with E-state index in [9.17, 15) is 13.6 Å². The number of halogens is 3. The monoisotopic (exact) mass is 404 g/mol. The van der Waals surface area contributed by atoms with Crippen molar-refractivity contribution in [2.75, 3.05) is 7.05 Å². The van der Waals surface area contributed by atoms with Gasteiger partial charge in [0.25, 0.3) is 0 Å². The Hall–Kier alpha value is -2.73. The summed E-state index contributed by atoms with van der Waals surface area (Å²) in [6.45, 7) is 1.76. The Kier molecular flexibility index (Phi) is 6.09. The van der Waals surface area contributed by atoms with Crippen LogP contribution in [0.2, 0.25) is 5.02 Å². The van der Waals surface area contributed by atoms with Crippen LogP contribution in [0.5, 0.6) is 0 Å². The molecule has 0 N–H and O–H groups in total. The van der Waals surface area contributed by atoms with Crippen LogP contribution in [-0.4, -0.2) is 22.8 Å². The molecule has 1 heterocycles. The van der Waals surface area contributed by atoms with Crippen molar-refractivity contribution in [3.8, 4) is 11.3 Å². The quantitative estimate of drug-likeness (QED) is 0.550. The third-order valence-corrected chi connectivity index (χ3v) is 4.98. The van der Waals surface area contributed by atoms with E-state index >= 15 is 0 Å². The van der Waals surface area contributed by atoms with Crippen LogP contribution in [0.25, 0.3) is 11.3 Å². The predicted octanol–water partition coefficient (Wildman–Crippen LogP) is 5.43. The normalized spacial score (nSPS) is 12.0. The SMILES string of the molecule is C[C@@H](c1ccc(F)c(F)c1)N(C)C(=O)CCc1ncc(-c2ccccc2Cl)o1. The first-order valence-corrected chi connectivity index (χ1v) is 9.15. The van der Waals surface area contributed by atoms with Crippen LogP contribution in [0.15, 0.2) is 53.1 Å². The number of hydrogen-bond acceptors (Lipinski definition) is 3. The van der Waals surface area contributed by atoms with Gasteiger partial charge in [0.05, 0.1) is 17.3 Å². The summed E-state index contributed by atoms with van der Waals surface area (Å²) in [7, 11) is 1.62. The number of nitrogens with zero attached hydrogens (tertiary/aromatic N) is 2. The van der Waals surface area contributed by atoms with Gasteiger partial charge in [-0.15, -0.1) is 0 Å². The maximum Gasteiger partial charge on any atom is 0.223 e. The Balaban J connectivity index is 1.62. The molecular weight excluding hydrogens is 386 g/mol. The van der Waals surface area contributed by atoms with E-state index in [1.54, 1.807) is 26.2 Å². The maximum atomic E-state index is 13.4. The summed E-state index contributed by atoms with van der Waals surface area (Å²) in [5, 5.41) is 0.557. The zero-order valence-electron chi connectivity index (χ0n) is 15.5. The fourth-order valence-electron chi connectivity index (χ4n) is 2.81. The van der Waals surface area contributed by atoms with Crippen LogP contribution in [0.4, 0.5) is 8.78 Å². The van der Waals surface area contributed by atoms with E-state index in [1.807, 2.05) is 18.2 Å². The van der Waals surface area contributed by atoms with E-state index in [0.717, 1.165) is 17.7 Å². The molecule has 0 aliphatic carbocycles. The van der Waals surface area contributed by atoms with E-state index in [4.69, 9.17) is 16.0 Å². The Labute approximate surface area is 166 Å². The van der Waals surface area contributed by atoms with Crippen molar-refractivity contribution < 1.29 is 18.0 Å². The molecule has 0 aliphatic rings. The van der Waals surface area contributed by atoms with Crippen molar-refractivity contribution in [3.63, 3.8) is 0 Å². The summed E-state index contributed by atoms with van der Waals surface area (Å²) in [5.74, 6) is -1.04. The van der Waals surface area contributed by atoms with Crippen LogP contribution < -0.4 is 0 Å². The van der Waals surface area contributed by atoms with Crippen LogP contribution in [0.1, 0.15) is 30.8 Å². The first-order chi connectivity index (χ1) is 13.4. The molecular formula is C21H19ClF2N2O2. The molecule has 0 fully saturated rings. The fourth-order valence-corrected chi connectivity index (χ4v) is 3.04. The number of aryl methyl sites for hydroxylation is 1. The maximum absolute atomic E-state index is 13.4. The second-order valence-corrected chi connectivity index (χ2v) is 6.86. The highest BCUT2D eigenvalue weighted by Crippen LogP contribution is 2.28. The van der Waals surface area contributed by atoms with Crippen LogP contribution >= 0.6 is 11.6 Å². The highest BCUT2D eigenvalue weighted by Gasteiger charge is 2.19. The standard InChI is InChI=1S/C21H19ClF2N2O2/c1-13(14-7-8-17(23)18(24)11-14)26(2)21(27)10-9-20-25-12-19(28-20)15-5-3-4-6-16(15)22/h3-8,11-13H,9-10H2,1-2H3/t13-/m0/s1. The molecule has 4 nitrogen and oxygen atoms in total. The third kappa shape index (κ3) is 4.39. The largest absolute Gasteiger partial charge is 0.441 e. The minimum absolute atomic E-state index is 0.158. The van der Waals surface area contributed by atoms with Gasteiger partial charge in [0.1, 0.15) is 0 Å². The van der Waals surface area contributed by atoms with Crippen molar-refractivity contribution in [1.82, 2.24) is 9.88 Å². The lowest BCUT2D eigenvalue weighted by molar-refractivity contribution is -0.131. The van der Waals surface area contributed by atoms with E-state index < -0.39 is 17.7 Å². The summed E-state index contributed by atoms with van der Waals surface area (Å²) >= 11 is 6.15. The highest BCUT2D eigenvalue weighted by molar-refractivity contribution is 6.33. The zero-order chi connectivity index (χ0) is 20.3. The lowest BCUT2D eigenvalue weighted by Gasteiger charge is -2.25. The van der Waals surface area contributed by atoms with Gasteiger partial charge in [-0.05, 0) is 36.8 Å². The molecule has 7 heteroatoms. The number of rotatable bonds is 6. The molecule has 0 saturated heterocycles. The van der Waals surface area contributed by atoms with Gasteiger partial charge in [-0.25, -0.2) is 13.8 Å². The molecule has 2 aromatic carbocycles. The Morgan fingerprint density at radius 2 is 1.96 bits per heavy atom. The number of hydrogen-bond donors (Lipinski definition) is 0. The number of benzene rings is 2. The third-order valence-electron chi connectivity index (χ3n) is 4.65. The lowest BCUT2D eigenvalue weighted by Crippen LogP contribution is -2.30. The zero-order valence-corrected chi connectivity index (χ0v) is 16.2. The van der Waals surface area contributed by atoms with Gasteiger partial charge in [-0.3, -0.25) is 4.79 Å². The lowest BCUT2D eigenvalue weighted by atomic mass is 10.1. The van der Waals surface area contributed by atoms with E-state index in [1.165, 1.54) is 11.0 Å². The summed E-state index contributed by atoms with van der Waals surface area (Å²) in [6, 6.07) is 10.5. The second-order valence-electron chi connectivity index (χ2n) is 6.45. The second kappa shape index (κ2) is 8.52. The van der Waals surface area contributed by atoms with Gasteiger partial charge in [0.2, 0.25) is 5.91 Å². The smallest absolute Gasteiger partial charge is 0.223 e. The van der Waals surface area contributed by atoms with Gasteiger partial charge >= 0.3 is 0 Å². The predicted molar refractivity (Wildman–Crippen MR) is 103 cm³/mol. The summed E-state index contributed by atoms with van der Waals surface area (Å²) < 4.78 is 32.2. The highest BCUT2D eigenvalue weighted by atomic mass is 35.5. The van der Waals surface area contributed by atoms with Crippen molar-refractivity contribution in [3.05, 3.63) is 76.8 Å². The van der Waals surface area contributed by atoms with Crippen LogP contribution in [-0.2, 0) is 11.2 Å². The molecule has 0 spiro atoms. The average Bonchev–Trinajstić information content (AvgIpc) is 3.16. The minimum Gasteiger partial charge on any atom is -0.441 e. The average molecular weight is 405 g/mol. The Morgan fingerprint density at radius 3 is 2.68 bits per heavy atom. The van der Waals surface area contributed by atoms with Gasteiger partial charge in [-0.2, -0.15) is 0 Å². The molecule has 0 aliphatic heterocycles. The molecule has 0 radical (unpaired) electrons. The molecule has 1 aromatic heterocycles. The molecule has 3 aromatic rings. The molecule has 28 heavy (non-hydrogen) atoms. The van der Waals surface area contributed by atoms with E-state index in [-0.39, 0.29) is 12.3 Å². The van der Waals surface area contributed by atoms with Crippen molar-refractivity contribution in [2.24, 2.45) is 0 Å². The van der Waals surface area contributed by atoms with Crippen molar-refractivity contribution in [1.29, 1.82) is 0 Å². The number of oxazole rings is 1. The van der Waals surface area contributed by atoms with Crippen LogP contribution in [0, 0.1) is 11.6 Å². The number of amides is 1. The summed E-state index contributed by atoms with van der Waals surface area (Å²) in [5.41, 5.74) is 1.25. The Morgan fingerprint density at radius 1 is 1.21 bits per heavy atom. The summed E-state index contributed by atoms with van der Waals surface area (Å²) in [4.78, 5) is 18.2. The van der Waals surface area contributed by atoms with Gasteiger partial charge < -0.3 is 9.32 Å². The van der Waals surface area contributed by atoms with Gasteiger partial charge in [-0.1, -0.05) is 29.8 Å². The van der Waals surface area contributed by atoms with Crippen molar-refractivity contribution >= 4 is 17.5 Å².